The number of urea groups is 1. The zero-order valence-corrected chi connectivity index (χ0v) is 19.9. The topological polar surface area (TPSA) is 111 Å². The second-order valence-corrected chi connectivity index (χ2v) is 8.24. The predicted molar refractivity (Wildman–Crippen MR) is 126 cm³/mol. The maximum absolute atomic E-state index is 14.0. The Morgan fingerprint density at radius 1 is 1.00 bits per heavy atom. The van der Waals surface area contributed by atoms with Crippen LogP contribution in [0.4, 0.5) is 33.7 Å². The summed E-state index contributed by atoms with van der Waals surface area (Å²) in [6, 6.07) is 9.83. The molecule has 0 atom stereocenters. The third kappa shape index (κ3) is 6.03. The van der Waals surface area contributed by atoms with Crippen LogP contribution in [-0.2, 0) is 10.8 Å². The van der Waals surface area contributed by atoms with Gasteiger partial charge in [-0.3, -0.25) is 9.78 Å². The van der Waals surface area contributed by atoms with Crippen molar-refractivity contribution in [2.75, 3.05) is 23.9 Å². The van der Waals surface area contributed by atoms with Crippen molar-refractivity contribution in [3.05, 3.63) is 66.0 Å². The number of aromatic nitrogens is 1. The van der Waals surface area contributed by atoms with Crippen LogP contribution in [0.25, 0.3) is 0 Å². The number of amides is 3. The summed E-state index contributed by atoms with van der Waals surface area (Å²) in [7, 11) is 1.48. The lowest BCUT2D eigenvalue weighted by Gasteiger charge is -2.30. The first-order valence-corrected chi connectivity index (χ1v) is 11.6. The molecule has 9 nitrogen and oxygen atoms in total. The van der Waals surface area contributed by atoms with Crippen LogP contribution in [0.1, 0.15) is 16.1 Å². The van der Waals surface area contributed by atoms with Crippen LogP contribution in [0, 0.1) is 0 Å². The lowest BCUT2D eigenvalue weighted by Crippen LogP contribution is -2.41. The van der Waals surface area contributed by atoms with Crippen LogP contribution in [-0.4, -0.2) is 36.5 Å². The van der Waals surface area contributed by atoms with Crippen molar-refractivity contribution < 1.29 is 41.4 Å². The SMILES string of the molecule is CNC(=O)c1cc(Oc2ccc(NC(=O)Nc3ccc4c(c3)C(F)(F)OC(F)(F)O4)c(SC)c2)ccn1. The molecule has 1 aliphatic heterocycles. The minimum absolute atomic E-state index is 0.108. The van der Waals surface area contributed by atoms with Crippen molar-refractivity contribution in [1.82, 2.24) is 10.3 Å². The normalized spacial score (nSPS) is 15.1. The molecule has 1 aromatic heterocycles. The van der Waals surface area contributed by atoms with E-state index in [1.54, 1.807) is 30.5 Å². The van der Waals surface area contributed by atoms with Gasteiger partial charge in [-0.2, -0.15) is 8.78 Å². The zero-order chi connectivity index (χ0) is 26.8. The molecular formula is C23H18F4N4O5S. The summed E-state index contributed by atoms with van der Waals surface area (Å²) in [5.74, 6) is -0.363. The molecule has 0 unspecified atom stereocenters. The third-order valence-corrected chi connectivity index (χ3v) is 5.65. The minimum Gasteiger partial charge on any atom is -0.457 e. The fourth-order valence-corrected chi connectivity index (χ4v) is 3.84. The fourth-order valence-electron chi connectivity index (χ4n) is 3.26. The molecule has 0 spiro atoms. The largest absolute Gasteiger partial charge is 0.540 e. The smallest absolute Gasteiger partial charge is 0.457 e. The van der Waals surface area contributed by atoms with Crippen molar-refractivity contribution in [1.29, 1.82) is 0 Å². The summed E-state index contributed by atoms with van der Waals surface area (Å²) in [6.07, 6.45) is -5.63. The Balaban J connectivity index is 1.46. The Labute approximate surface area is 211 Å². The number of halogens is 4. The number of hydrogen-bond acceptors (Lipinski definition) is 7. The molecular weight excluding hydrogens is 520 g/mol. The van der Waals surface area contributed by atoms with E-state index in [0.29, 0.717) is 22.1 Å². The maximum atomic E-state index is 14.0. The molecule has 3 aromatic rings. The second kappa shape index (κ2) is 10.1. The molecule has 0 bridgehead atoms. The Bertz CT molecular complexity index is 1360. The Morgan fingerprint density at radius 2 is 1.76 bits per heavy atom. The van der Waals surface area contributed by atoms with E-state index >= 15 is 0 Å². The van der Waals surface area contributed by atoms with Gasteiger partial charge in [0.1, 0.15) is 22.9 Å². The summed E-state index contributed by atoms with van der Waals surface area (Å²) >= 11 is 1.30. The van der Waals surface area contributed by atoms with E-state index in [4.69, 9.17) is 4.74 Å². The standard InChI is InChI=1S/C23H18F4N4O5S/c1-28-20(32)17-10-14(7-8-29-17)34-13-4-5-16(19(11-13)37-2)31-21(33)30-12-3-6-18-15(9-12)22(24,25)36-23(26,27)35-18/h3-11H,1-2H3,(H,28,32)(H2,30,31,33). The van der Waals surface area contributed by atoms with Gasteiger partial charge in [0.2, 0.25) is 0 Å². The highest BCUT2D eigenvalue weighted by atomic mass is 32.2. The average molecular weight is 538 g/mol. The van der Waals surface area contributed by atoms with E-state index in [1.165, 1.54) is 31.1 Å². The van der Waals surface area contributed by atoms with Gasteiger partial charge in [-0.25, -0.2) is 9.53 Å². The summed E-state index contributed by atoms with van der Waals surface area (Å²) in [5, 5.41) is 7.42. The molecule has 0 aliphatic carbocycles. The average Bonchev–Trinajstić information content (AvgIpc) is 2.84. The molecule has 2 aromatic carbocycles. The fraction of sp³-hybridized carbons (Fsp3) is 0.174. The Kier molecular flexibility index (Phi) is 7.14. The van der Waals surface area contributed by atoms with Gasteiger partial charge in [-0.05, 0) is 48.7 Å². The van der Waals surface area contributed by atoms with Crippen LogP contribution in [0.5, 0.6) is 17.2 Å². The lowest BCUT2D eigenvalue weighted by molar-refractivity contribution is -0.461. The molecule has 1 aliphatic rings. The minimum atomic E-state index is -4.49. The molecule has 4 rings (SSSR count). The number of fused-ring (bicyclic) bond motifs is 1. The van der Waals surface area contributed by atoms with Crippen LogP contribution in [0.3, 0.4) is 0 Å². The number of carbonyl (C=O) groups is 2. The summed E-state index contributed by atoms with van der Waals surface area (Å²) in [4.78, 5) is 28.8. The number of rotatable bonds is 6. The number of alkyl halides is 4. The van der Waals surface area contributed by atoms with Crippen molar-refractivity contribution in [2.45, 2.75) is 17.3 Å². The van der Waals surface area contributed by atoms with Crippen LogP contribution >= 0.6 is 11.8 Å². The number of benzene rings is 2. The Morgan fingerprint density at radius 3 is 2.49 bits per heavy atom. The second-order valence-electron chi connectivity index (χ2n) is 7.39. The molecule has 194 valence electrons. The first-order chi connectivity index (χ1) is 17.5. The van der Waals surface area contributed by atoms with Gasteiger partial charge >= 0.3 is 18.4 Å². The van der Waals surface area contributed by atoms with Gasteiger partial charge in [0.25, 0.3) is 5.91 Å². The van der Waals surface area contributed by atoms with Crippen molar-refractivity contribution in [3.8, 4) is 17.2 Å². The van der Waals surface area contributed by atoms with Gasteiger partial charge in [0, 0.05) is 29.9 Å². The number of nitrogens with one attached hydrogen (secondary N) is 3. The third-order valence-electron chi connectivity index (χ3n) is 4.87. The highest BCUT2D eigenvalue weighted by molar-refractivity contribution is 7.98. The van der Waals surface area contributed by atoms with Gasteiger partial charge in [0.05, 0.1) is 11.3 Å². The van der Waals surface area contributed by atoms with E-state index in [1.807, 2.05) is 0 Å². The lowest BCUT2D eigenvalue weighted by atomic mass is 10.1. The number of pyridine rings is 1. The highest BCUT2D eigenvalue weighted by Crippen LogP contribution is 2.47. The van der Waals surface area contributed by atoms with Crippen LogP contribution in [0.15, 0.2) is 59.6 Å². The molecule has 2 heterocycles. The van der Waals surface area contributed by atoms with E-state index < -0.39 is 29.7 Å². The van der Waals surface area contributed by atoms with E-state index in [9.17, 15) is 27.2 Å². The molecule has 0 fully saturated rings. The zero-order valence-electron chi connectivity index (χ0n) is 19.1. The van der Waals surface area contributed by atoms with Crippen molar-refractivity contribution in [2.24, 2.45) is 0 Å². The van der Waals surface area contributed by atoms with Crippen LogP contribution < -0.4 is 25.4 Å². The molecule has 37 heavy (non-hydrogen) atoms. The summed E-state index contributed by atoms with van der Waals surface area (Å²) in [5.41, 5.74) is -0.513. The maximum Gasteiger partial charge on any atom is 0.540 e. The summed E-state index contributed by atoms with van der Waals surface area (Å²) in [6.45, 7) is 0. The Hall–Kier alpha value is -4.04. The first kappa shape index (κ1) is 26.0. The van der Waals surface area contributed by atoms with E-state index in [2.05, 4.69) is 30.4 Å². The molecule has 0 saturated carbocycles. The van der Waals surface area contributed by atoms with Crippen molar-refractivity contribution >= 4 is 35.1 Å². The number of nitrogens with zero attached hydrogens (tertiary/aromatic N) is 1. The molecule has 0 saturated heterocycles. The van der Waals surface area contributed by atoms with E-state index in [0.717, 1.165) is 18.2 Å². The highest BCUT2D eigenvalue weighted by Gasteiger charge is 2.54. The van der Waals surface area contributed by atoms with Gasteiger partial charge < -0.3 is 25.4 Å². The first-order valence-electron chi connectivity index (χ1n) is 10.4. The molecule has 14 heteroatoms. The number of carbonyl (C=O) groups excluding carboxylic acids is 2. The van der Waals surface area contributed by atoms with Gasteiger partial charge in [-0.1, -0.05) is 0 Å². The molecule has 0 radical (unpaired) electrons. The number of hydrogen-bond donors (Lipinski definition) is 3. The number of anilines is 2. The molecule has 3 amide bonds. The van der Waals surface area contributed by atoms with E-state index in [-0.39, 0.29) is 17.3 Å². The van der Waals surface area contributed by atoms with Gasteiger partial charge in [0.15, 0.2) is 0 Å². The summed E-state index contributed by atoms with van der Waals surface area (Å²) < 4.78 is 67.6. The molecule has 3 N–H and O–H groups in total. The quantitative estimate of drug-likeness (QED) is 0.277. The predicted octanol–water partition coefficient (Wildman–Crippen LogP) is 5.61. The van der Waals surface area contributed by atoms with Gasteiger partial charge in [-0.15, -0.1) is 20.5 Å². The van der Waals surface area contributed by atoms with Crippen LogP contribution in [0.2, 0.25) is 0 Å². The number of ether oxygens (including phenoxy) is 3. The number of thioether (sulfide) groups is 1. The monoisotopic (exact) mass is 538 g/mol. The van der Waals surface area contributed by atoms with Crippen molar-refractivity contribution in [3.63, 3.8) is 0 Å².